The summed E-state index contributed by atoms with van der Waals surface area (Å²) in [7, 11) is 0. The van der Waals surface area contributed by atoms with Gasteiger partial charge in [-0.2, -0.15) is 0 Å². The molecule has 0 amide bonds. The van der Waals surface area contributed by atoms with Gasteiger partial charge in [0.1, 0.15) is 0 Å². The lowest BCUT2D eigenvalue weighted by molar-refractivity contribution is 0.838. The van der Waals surface area contributed by atoms with Crippen molar-refractivity contribution in [3.63, 3.8) is 0 Å². The van der Waals surface area contributed by atoms with Crippen molar-refractivity contribution in [2.45, 2.75) is 12.3 Å². The smallest absolute Gasteiger partial charge is 0.00557 e. The van der Waals surface area contributed by atoms with E-state index in [-0.39, 0.29) is 0 Å². The van der Waals surface area contributed by atoms with Crippen molar-refractivity contribution in [1.29, 1.82) is 0 Å². The van der Waals surface area contributed by atoms with E-state index < -0.39 is 0 Å². The van der Waals surface area contributed by atoms with Crippen molar-refractivity contribution < 1.29 is 0 Å². The summed E-state index contributed by atoms with van der Waals surface area (Å²) in [6.45, 7) is 3.93. The molecule has 2 aromatic carbocycles. The van der Waals surface area contributed by atoms with Crippen LogP contribution in [-0.4, -0.2) is 0 Å². The van der Waals surface area contributed by atoms with Crippen molar-refractivity contribution >= 4 is 0 Å². The Hall–Kier alpha value is -1.82. The van der Waals surface area contributed by atoms with Crippen molar-refractivity contribution in [2.75, 3.05) is 0 Å². The Morgan fingerprint density at radius 2 is 1.44 bits per heavy atom. The zero-order valence-corrected chi connectivity index (χ0v) is 9.34. The SMILES string of the molecule is C=C[C@H](Cc1ccccc1)c1ccccc1. The molecule has 0 radical (unpaired) electrons. The third-order valence-electron chi connectivity index (χ3n) is 2.81. The molecule has 0 aromatic heterocycles. The lowest BCUT2D eigenvalue weighted by Gasteiger charge is -2.12. The van der Waals surface area contributed by atoms with Crippen LogP contribution < -0.4 is 0 Å². The topological polar surface area (TPSA) is 0 Å². The fourth-order valence-corrected chi connectivity index (χ4v) is 1.91. The first kappa shape index (κ1) is 10.7. The van der Waals surface area contributed by atoms with Crippen molar-refractivity contribution in [1.82, 2.24) is 0 Å². The molecule has 0 heteroatoms. The second kappa shape index (κ2) is 5.32. The average molecular weight is 208 g/mol. The highest BCUT2D eigenvalue weighted by molar-refractivity contribution is 5.27. The van der Waals surface area contributed by atoms with Gasteiger partial charge >= 0.3 is 0 Å². The Morgan fingerprint density at radius 3 is 2.00 bits per heavy atom. The molecule has 0 aliphatic heterocycles. The molecule has 0 spiro atoms. The maximum absolute atomic E-state index is 3.93. The van der Waals surface area contributed by atoms with Crippen LogP contribution in [0.25, 0.3) is 0 Å². The summed E-state index contributed by atoms with van der Waals surface area (Å²) in [5, 5.41) is 0. The molecule has 0 heterocycles. The highest BCUT2D eigenvalue weighted by Crippen LogP contribution is 2.21. The second-order valence-corrected chi connectivity index (χ2v) is 3.94. The number of rotatable bonds is 4. The van der Waals surface area contributed by atoms with E-state index in [1.165, 1.54) is 11.1 Å². The fraction of sp³-hybridized carbons (Fsp3) is 0.125. The monoisotopic (exact) mass is 208 g/mol. The third kappa shape index (κ3) is 2.60. The minimum atomic E-state index is 0.406. The Labute approximate surface area is 97.3 Å². The standard InChI is InChI=1S/C16H16/c1-2-15(16-11-7-4-8-12-16)13-14-9-5-3-6-10-14/h2-12,15H,1,13H2/t15-/m1/s1. The highest BCUT2D eigenvalue weighted by Gasteiger charge is 2.07. The lowest BCUT2D eigenvalue weighted by Crippen LogP contribution is -1.99. The van der Waals surface area contributed by atoms with Gasteiger partial charge in [0.15, 0.2) is 0 Å². The molecular weight excluding hydrogens is 192 g/mol. The Balaban J connectivity index is 2.16. The summed E-state index contributed by atoms with van der Waals surface area (Å²) in [5.41, 5.74) is 2.69. The molecule has 0 aliphatic carbocycles. The van der Waals surface area contributed by atoms with Crippen LogP contribution in [0, 0.1) is 0 Å². The van der Waals surface area contributed by atoms with E-state index >= 15 is 0 Å². The van der Waals surface area contributed by atoms with Crippen LogP contribution in [0.4, 0.5) is 0 Å². The summed E-state index contributed by atoms with van der Waals surface area (Å²) in [6, 6.07) is 21.1. The first-order valence-corrected chi connectivity index (χ1v) is 5.61. The number of hydrogen-bond donors (Lipinski definition) is 0. The van der Waals surface area contributed by atoms with Crippen molar-refractivity contribution in [3.8, 4) is 0 Å². The zero-order chi connectivity index (χ0) is 11.2. The quantitative estimate of drug-likeness (QED) is 0.661. The molecule has 2 aromatic rings. The van der Waals surface area contributed by atoms with E-state index in [9.17, 15) is 0 Å². The van der Waals surface area contributed by atoms with Gasteiger partial charge in [-0.15, -0.1) is 6.58 Å². The van der Waals surface area contributed by atoms with Crippen LogP contribution in [0.1, 0.15) is 17.0 Å². The molecule has 0 fully saturated rings. The van der Waals surface area contributed by atoms with Crippen molar-refractivity contribution in [2.24, 2.45) is 0 Å². The van der Waals surface area contributed by atoms with E-state index in [1.807, 2.05) is 12.1 Å². The number of allylic oxidation sites excluding steroid dienone is 1. The summed E-state index contributed by atoms with van der Waals surface area (Å²) in [4.78, 5) is 0. The zero-order valence-electron chi connectivity index (χ0n) is 9.34. The van der Waals surface area contributed by atoms with Crippen LogP contribution in [0.5, 0.6) is 0 Å². The normalized spacial score (nSPS) is 12.0. The number of benzene rings is 2. The van der Waals surface area contributed by atoms with Gasteiger partial charge in [0.2, 0.25) is 0 Å². The van der Waals surface area contributed by atoms with E-state index in [0.29, 0.717) is 5.92 Å². The molecule has 0 saturated heterocycles. The molecule has 80 valence electrons. The molecule has 0 unspecified atom stereocenters. The van der Waals surface area contributed by atoms with Crippen LogP contribution in [0.3, 0.4) is 0 Å². The molecule has 2 rings (SSSR count). The second-order valence-electron chi connectivity index (χ2n) is 3.94. The maximum atomic E-state index is 3.93. The first-order valence-electron chi connectivity index (χ1n) is 5.61. The molecule has 1 atom stereocenters. The van der Waals surface area contributed by atoms with Gasteiger partial charge in [0.05, 0.1) is 0 Å². The minimum absolute atomic E-state index is 0.406. The summed E-state index contributed by atoms with van der Waals surface area (Å²) in [6.07, 6.45) is 3.05. The largest absolute Gasteiger partial charge is 0.102 e. The molecule has 16 heavy (non-hydrogen) atoms. The van der Waals surface area contributed by atoms with E-state index in [4.69, 9.17) is 0 Å². The molecule has 0 nitrogen and oxygen atoms in total. The maximum Gasteiger partial charge on any atom is 0.00557 e. The summed E-state index contributed by atoms with van der Waals surface area (Å²) < 4.78 is 0. The molecular formula is C16H16. The van der Waals surface area contributed by atoms with Gasteiger partial charge < -0.3 is 0 Å². The predicted octanol–water partition coefficient (Wildman–Crippen LogP) is 4.20. The lowest BCUT2D eigenvalue weighted by atomic mass is 9.92. The molecule has 0 N–H and O–H groups in total. The van der Waals surface area contributed by atoms with Crippen LogP contribution in [0.15, 0.2) is 73.3 Å². The average Bonchev–Trinajstić information content (AvgIpc) is 2.38. The van der Waals surface area contributed by atoms with Gasteiger partial charge in [0.25, 0.3) is 0 Å². The van der Waals surface area contributed by atoms with Gasteiger partial charge in [0, 0.05) is 5.92 Å². The van der Waals surface area contributed by atoms with E-state index in [2.05, 4.69) is 61.2 Å². The fourth-order valence-electron chi connectivity index (χ4n) is 1.91. The highest BCUT2D eigenvalue weighted by atomic mass is 14.1. The van der Waals surface area contributed by atoms with E-state index in [1.54, 1.807) is 0 Å². The first-order chi connectivity index (χ1) is 7.90. The molecule has 0 saturated carbocycles. The van der Waals surface area contributed by atoms with Gasteiger partial charge in [-0.1, -0.05) is 66.7 Å². The predicted molar refractivity (Wildman–Crippen MR) is 69.5 cm³/mol. The summed E-state index contributed by atoms with van der Waals surface area (Å²) in [5.74, 6) is 0.406. The van der Waals surface area contributed by atoms with E-state index in [0.717, 1.165) is 6.42 Å². The van der Waals surface area contributed by atoms with Gasteiger partial charge in [-0.05, 0) is 17.5 Å². The Bertz CT molecular complexity index is 428. The minimum Gasteiger partial charge on any atom is -0.102 e. The third-order valence-corrected chi connectivity index (χ3v) is 2.81. The summed E-state index contributed by atoms with van der Waals surface area (Å²) >= 11 is 0. The molecule has 0 aliphatic rings. The Morgan fingerprint density at radius 1 is 0.875 bits per heavy atom. The van der Waals surface area contributed by atoms with Crippen LogP contribution >= 0.6 is 0 Å². The van der Waals surface area contributed by atoms with Crippen LogP contribution in [-0.2, 0) is 6.42 Å². The Kier molecular flexibility index (Phi) is 3.55. The van der Waals surface area contributed by atoms with Gasteiger partial charge in [-0.3, -0.25) is 0 Å². The van der Waals surface area contributed by atoms with Crippen LogP contribution in [0.2, 0.25) is 0 Å². The van der Waals surface area contributed by atoms with Gasteiger partial charge in [-0.25, -0.2) is 0 Å². The number of hydrogen-bond acceptors (Lipinski definition) is 0. The molecule has 0 bridgehead atoms. The van der Waals surface area contributed by atoms with Crippen molar-refractivity contribution in [3.05, 3.63) is 84.4 Å².